The highest BCUT2D eigenvalue weighted by Crippen LogP contribution is 2.12. The van der Waals surface area contributed by atoms with Crippen LogP contribution < -0.4 is 0 Å². The molecule has 1 atom stereocenters. The fourth-order valence-electron chi connectivity index (χ4n) is 1.72. The summed E-state index contributed by atoms with van der Waals surface area (Å²) in [6.07, 6.45) is -0.311. The van der Waals surface area contributed by atoms with E-state index in [1.54, 1.807) is 6.92 Å². The molecule has 5 nitrogen and oxygen atoms in total. The first-order valence-electron chi connectivity index (χ1n) is 5.82. The van der Waals surface area contributed by atoms with Gasteiger partial charge >= 0.3 is 5.97 Å². The monoisotopic (exact) mass is 240 g/mol. The van der Waals surface area contributed by atoms with Crippen LogP contribution in [0, 0.1) is 20.8 Å². The van der Waals surface area contributed by atoms with Gasteiger partial charge in [-0.2, -0.15) is 5.10 Å². The summed E-state index contributed by atoms with van der Waals surface area (Å²) < 4.78 is 7.01. The van der Waals surface area contributed by atoms with Gasteiger partial charge in [-0.05, 0) is 33.3 Å². The van der Waals surface area contributed by atoms with Gasteiger partial charge in [0.05, 0.1) is 5.69 Å². The van der Waals surface area contributed by atoms with Crippen LogP contribution in [0.3, 0.4) is 0 Å². The highest BCUT2D eigenvalue weighted by atomic mass is 16.5. The van der Waals surface area contributed by atoms with Gasteiger partial charge in [-0.25, -0.2) is 4.79 Å². The molecule has 0 fully saturated rings. The fraction of sp³-hybridized carbons (Fsp3) is 0.667. The van der Waals surface area contributed by atoms with Crippen LogP contribution in [0.25, 0.3) is 0 Å². The molecule has 5 heteroatoms. The topological polar surface area (TPSA) is 64.4 Å². The molecule has 1 heterocycles. The van der Waals surface area contributed by atoms with Crippen molar-refractivity contribution >= 4 is 5.97 Å². The third-order valence-electron chi connectivity index (χ3n) is 2.99. The van der Waals surface area contributed by atoms with Crippen LogP contribution >= 0.6 is 0 Å². The van der Waals surface area contributed by atoms with E-state index < -0.39 is 12.1 Å². The van der Waals surface area contributed by atoms with Crippen molar-refractivity contribution in [1.29, 1.82) is 0 Å². The second kappa shape index (κ2) is 5.82. The Balaban J connectivity index is 2.65. The maximum absolute atomic E-state index is 10.9. The normalized spacial score (nSPS) is 12.7. The maximum atomic E-state index is 10.9. The number of aryl methyl sites for hydroxylation is 2. The number of carbonyl (C=O) groups is 1. The molecule has 0 radical (unpaired) electrons. The zero-order valence-corrected chi connectivity index (χ0v) is 10.9. The minimum Gasteiger partial charge on any atom is -0.479 e. The van der Waals surface area contributed by atoms with E-state index in [-0.39, 0.29) is 0 Å². The van der Waals surface area contributed by atoms with E-state index in [9.17, 15) is 4.79 Å². The minimum atomic E-state index is -0.912. The summed E-state index contributed by atoms with van der Waals surface area (Å²) in [5.74, 6) is -0.912. The van der Waals surface area contributed by atoms with E-state index in [2.05, 4.69) is 5.10 Å². The quantitative estimate of drug-likeness (QED) is 0.821. The van der Waals surface area contributed by atoms with Crippen LogP contribution in [-0.2, 0) is 16.1 Å². The maximum Gasteiger partial charge on any atom is 0.332 e. The predicted octanol–water partition coefficient (Wildman–Crippen LogP) is 1.69. The highest BCUT2D eigenvalue weighted by molar-refractivity contribution is 5.72. The average Bonchev–Trinajstić information content (AvgIpc) is 2.52. The van der Waals surface area contributed by atoms with Gasteiger partial charge in [0.2, 0.25) is 0 Å². The summed E-state index contributed by atoms with van der Waals surface area (Å²) in [4.78, 5) is 10.9. The Morgan fingerprint density at radius 2 is 2.12 bits per heavy atom. The SMILES string of the molecule is CCOC(CCn1nc(C)c(C)c1C)C(=O)O. The molecule has 0 aromatic carbocycles. The van der Waals surface area contributed by atoms with Gasteiger partial charge in [0.15, 0.2) is 6.10 Å². The molecule has 0 bridgehead atoms. The molecule has 0 aliphatic carbocycles. The number of hydrogen-bond acceptors (Lipinski definition) is 3. The van der Waals surface area contributed by atoms with Gasteiger partial charge in [-0.15, -0.1) is 0 Å². The van der Waals surface area contributed by atoms with Crippen LogP contribution in [0.2, 0.25) is 0 Å². The Bertz CT molecular complexity index is 399. The molecule has 0 amide bonds. The van der Waals surface area contributed by atoms with Crippen molar-refractivity contribution in [2.75, 3.05) is 6.61 Å². The highest BCUT2D eigenvalue weighted by Gasteiger charge is 2.18. The van der Waals surface area contributed by atoms with E-state index in [1.807, 2.05) is 25.5 Å². The molecule has 1 aromatic rings. The number of ether oxygens (including phenoxy) is 1. The summed E-state index contributed by atoms with van der Waals surface area (Å²) in [6, 6.07) is 0. The Hall–Kier alpha value is -1.36. The third kappa shape index (κ3) is 3.30. The minimum absolute atomic E-state index is 0.410. The Morgan fingerprint density at radius 1 is 1.47 bits per heavy atom. The third-order valence-corrected chi connectivity index (χ3v) is 2.99. The van der Waals surface area contributed by atoms with Crippen LogP contribution in [0.5, 0.6) is 0 Å². The number of rotatable bonds is 6. The molecule has 1 rings (SSSR count). The lowest BCUT2D eigenvalue weighted by Crippen LogP contribution is -2.26. The van der Waals surface area contributed by atoms with Gasteiger partial charge < -0.3 is 9.84 Å². The molecule has 0 saturated carbocycles. The average molecular weight is 240 g/mol. The second-order valence-electron chi connectivity index (χ2n) is 4.09. The molecule has 1 N–H and O–H groups in total. The zero-order valence-electron chi connectivity index (χ0n) is 10.9. The number of carboxylic acids is 1. The molecule has 1 aromatic heterocycles. The van der Waals surface area contributed by atoms with Crippen LogP contribution in [-0.4, -0.2) is 33.6 Å². The molecule has 0 spiro atoms. The lowest BCUT2D eigenvalue weighted by atomic mass is 10.2. The van der Waals surface area contributed by atoms with Gasteiger partial charge in [0.1, 0.15) is 0 Å². The molecular formula is C12H20N2O3. The Kier molecular flexibility index (Phi) is 4.69. The van der Waals surface area contributed by atoms with Gasteiger partial charge in [-0.3, -0.25) is 4.68 Å². The van der Waals surface area contributed by atoms with Gasteiger partial charge in [0.25, 0.3) is 0 Å². The Morgan fingerprint density at radius 3 is 2.53 bits per heavy atom. The smallest absolute Gasteiger partial charge is 0.332 e. The largest absolute Gasteiger partial charge is 0.479 e. The van der Waals surface area contributed by atoms with Gasteiger partial charge in [0, 0.05) is 25.3 Å². The molecule has 96 valence electrons. The molecule has 0 aliphatic heterocycles. The first-order valence-corrected chi connectivity index (χ1v) is 5.82. The van der Waals surface area contributed by atoms with Crippen LogP contribution in [0.15, 0.2) is 0 Å². The number of hydrogen-bond donors (Lipinski definition) is 1. The fourth-order valence-corrected chi connectivity index (χ4v) is 1.72. The first-order chi connectivity index (χ1) is 7.97. The molecule has 0 aliphatic rings. The summed E-state index contributed by atoms with van der Waals surface area (Å²) in [6.45, 7) is 8.74. The summed E-state index contributed by atoms with van der Waals surface area (Å²) in [5, 5.41) is 13.3. The summed E-state index contributed by atoms with van der Waals surface area (Å²) in [5.41, 5.74) is 3.24. The van der Waals surface area contributed by atoms with Crippen molar-refractivity contribution < 1.29 is 14.6 Å². The van der Waals surface area contributed by atoms with Crippen molar-refractivity contribution in [3.8, 4) is 0 Å². The standard InChI is InChI=1S/C12H20N2O3/c1-5-17-11(12(15)16)6-7-14-10(4)8(2)9(3)13-14/h11H,5-7H2,1-4H3,(H,15,16). The zero-order chi connectivity index (χ0) is 13.0. The van der Waals surface area contributed by atoms with E-state index >= 15 is 0 Å². The first kappa shape index (κ1) is 13.7. The molecule has 17 heavy (non-hydrogen) atoms. The lowest BCUT2D eigenvalue weighted by Gasteiger charge is -2.12. The van der Waals surface area contributed by atoms with Crippen molar-refractivity contribution in [1.82, 2.24) is 9.78 Å². The van der Waals surface area contributed by atoms with Crippen molar-refractivity contribution in [3.05, 3.63) is 17.0 Å². The van der Waals surface area contributed by atoms with Crippen LogP contribution in [0.4, 0.5) is 0 Å². The molecular weight excluding hydrogens is 220 g/mol. The number of aliphatic carboxylic acids is 1. The summed E-state index contributed by atoms with van der Waals surface area (Å²) in [7, 11) is 0. The second-order valence-corrected chi connectivity index (χ2v) is 4.09. The Labute approximate surface area is 101 Å². The van der Waals surface area contributed by atoms with E-state index in [0.717, 1.165) is 17.0 Å². The molecule has 1 unspecified atom stereocenters. The van der Waals surface area contributed by atoms with E-state index in [0.29, 0.717) is 19.6 Å². The molecule has 0 saturated heterocycles. The van der Waals surface area contributed by atoms with E-state index in [1.165, 1.54) is 0 Å². The lowest BCUT2D eigenvalue weighted by molar-refractivity contribution is -0.150. The van der Waals surface area contributed by atoms with E-state index in [4.69, 9.17) is 9.84 Å². The van der Waals surface area contributed by atoms with Crippen molar-refractivity contribution in [2.24, 2.45) is 0 Å². The summed E-state index contributed by atoms with van der Waals surface area (Å²) >= 11 is 0. The predicted molar refractivity (Wildman–Crippen MR) is 64.1 cm³/mol. The van der Waals surface area contributed by atoms with Crippen molar-refractivity contribution in [3.63, 3.8) is 0 Å². The number of carboxylic acid groups (broad SMARTS) is 1. The van der Waals surface area contributed by atoms with Crippen molar-refractivity contribution in [2.45, 2.75) is 46.8 Å². The number of nitrogens with zero attached hydrogens (tertiary/aromatic N) is 2. The van der Waals surface area contributed by atoms with Crippen LogP contribution in [0.1, 0.15) is 30.3 Å². The van der Waals surface area contributed by atoms with Gasteiger partial charge in [-0.1, -0.05) is 0 Å². The number of aromatic nitrogens is 2.